The number of rotatable bonds is 4. The smallest absolute Gasteiger partial charge is 0.0503 e. The molecule has 0 saturated heterocycles. The number of aliphatic hydroxyl groups is 1. The molecule has 0 spiro atoms. The van der Waals surface area contributed by atoms with Crippen LogP contribution in [0.1, 0.15) is 21.9 Å². The summed E-state index contributed by atoms with van der Waals surface area (Å²) in [7, 11) is 0. The van der Waals surface area contributed by atoms with Crippen molar-refractivity contribution in [3.05, 3.63) is 56.2 Å². The molecule has 3 heteroatoms. The van der Waals surface area contributed by atoms with Gasteiger partial charge >= 0.3 is 0 Å². The minimum atomic E-state index is 0.195. The van der Waals surface area contributed by atoms with E-state index in [9.17, 15) is 5.11 Å². The zero-order valence-electron chi connectivity index (χ0n) is 9.69. The van der Waals surface area contributed by atoms with Crippen molar-refractivity contribution in [1.29, 1.82) is 0 Å². The van der Waals surface area contributed by atoms with Crippen molar-refractivity contribution in [3.8, 4) is 0 Å². The topological polar surface area (TPSA) is 20.2 Å². The molecule has 1 N–H and O–H groups in total. The zero-order valence-corrected chi connectivity index (χ0v) is 12.1. The Bertz CT molecular complexity index is 492. The molecule has 1 unspecified atom stereocenters. The van der Waals surface area contributed by atoms with Gasteiger partial charge in [-0.3, -0.25) is 0 Å². The molecule has 1 nitrogen and oxygen atoms in total. The van der Waals surface area contributed by atoms with Gasteiger partial charge in [-0.05, 0) is 46.5 Å². The molecule has 2 rings (SSSR count). The lowest BCUT2D eigenvalue weighted by molar-refractivity contribution is 0.264. The Morgan fingerprint density at radius 3 is 2.71 bits per heavy atom. The maximum atomic E-state index is 9.56. The highest BCUT2D eigenvalue weighted by Gasteiger charge is 2.14. The number of hydrogen-bond donors (Lipinski definition) is 1. The fourth-order valence-corrected chi connectivity index (χ4v) is 3.55. The van der Waals surface area contributed by atoms with Crippen LogP contribution in [-0.4, -0.2) is 11.7 Å². The second-order valence-electron chi connectivity index (χ2n) is 4.17. The molecule has 0 radical (unpaired) electrons. The standard InChI is InChI=1S/C14H15BrOS/c1-10-4-2-3-5-14(10)11(8-16)6-13-7-12(15)9-17-13/h2-5,7,9,11,16H,6,8H2,1H3. The average Bonchev–Trinajstić information content (AvgIpc) is 2.73. The highest BCUT2D eigenvalue weighted by molar-refractivity contribution is 9.10. The van der Waals surface area contributed by atoms with Gasteiger partial charge in [0.15, 0.2) is 0 Å². The predicted molar refractivity (Wildman–Crippen MR) is 76.7 cm³/mol. The van der Waals surface area contributed by atoms with Gasteiger partial charge in [0.25, 0.3) is 0 Å². The third-order valence-electron chi connectivity index (χ3n) is 2.92. The summed E-state index contributed by atoms with van der Waals surface area (Å²) in [6.45, 7) is 2.29. The molecule has 0 aliphatic heterocycles. The van der Waals surface area contributed by atoms with Crippen LogP contribution in [0.15, 0.2) is 40.2 Å². The van der Waals surface area contributed by atoms with E-state index in [1.165, 1.54) is 16.0 Å². The molecule has 1 atom stereocenters. The first-order valence-electron chi connectivity index (χ1n) is 5.60. The minimum Gasteiger partial charge on any atom is -0.396 e. The van der Waals surface area contributed by atoms with E-state index in [-0.39, 0.29) is 12.5 Å². The molecule has 90 valence electrons. The van der Waals surface area contributed by atoms with Gasteiger partial charge < -0.3 is 5.11 Å². The van der Waals surface area contributed by atoms with Gasteiger partial charge in [0.05, 0.1) is 6.61 Å². The van der Waals surface area contributed by atoms with E-state index in [4.69, 9.17) is 0 Å². The van der Waals surface area contributed by atoms with E-state index >= 15 is 0 Å². The molecule has 0 fully saturated rings. The van der Waals surface area contributed by atoms with Gasteiger partial charge in [0.1, 0.15) is 0 Å². The normalized spacial score (nSPS) is 12.6. The van der Waals surface area contributed by atoms with Crippen LogP contribution in [0.2, 0.25) is 0 Å². The molecule has 0 saturated carbocycles. The Kier molecular flexibility index (Phi) is 4.37. The summed E-state index contributed by atoms with van der Waals surface area (Å²) < 4.78 is 1.12. The first-order valence-corrected chi connectivity index (χ1v) is 7.27. The van der Waals surface area contributed by atoms with Crippen molar-refractivity contribution in [1.82, 2.24) is 0 Å². The molecule has 0 aliphatic rings. The van der Waals surface area contributed by atoms with E-state index in [2.05, 4.69) is 46.4 Å². The van der Waals surface area contributed by atoms with Crippen LogP contribution >= 0.6 is 27.3 Å². The Morgan fingerprint density at radius 2 is 2.12 bits per heavy atom. The summed E-state index contributed by atoms with van der Waals surface area (Å²) in [6, 6.07) is 10.4. The first-order chi connectivity index (χ1) is 8.20. The van der Waals surface area contributed by atoms with Crippen molar-refractivity contribution in [2.75, 3.05) is 6.61 Å². The molecule has 1 aromatic carbocycles. The molecule has 2 aromatic rings. The Hall–Kier alpha value is -0.640. The Balaban J connectivity index is 2.20. The van der Waals surface area contributed by atoms with E-state index in [1.54, 1.807) is 11.3 Å². The lowest BCUT2D eigenvalue weighted by Crippen LogP contribution is -2.08. The van der Waals surface area contributed by atoms with Crippen molar-refractivity contribution in [3.63, 3.8) is 0 Å². The van der Waals surface area contributed by atoms with E-state index in [0.29, 0.717) is 0 Å². The number of benzene rings is 1. The number of aryl methyl sites for hydroxylation is 1. The van der Waals surface area contributed by atoms with Crippen LogP contribution in [0.3, 0.4) is 0 Å². The van der Waals surface area contributed by atoms with Crippen LogP contribution in [0.4, 0.5) is 0 Å². The van der Waals surface area contributed by atoms with Gasteiger partial charge in [0.2, 0.25) is 0 Å². The highest BCUT2D eigenvalue weighted by atomic mass is 79.9. The molecular formula is C14H15BrOS. The monoisotopic (exact) mass is 310 g/mol. The summed E-state index contributed by atoms with van der Waals surface area (Å²) in [4.78, 5) is 1.30. The highest BCUT2D eigenvalue weighted by Crippen LogP contribution is 2.28. The molecule has 0 aliphatic carbocycles. The second kappa shape index (κ2) is 5.80. The van der Waals surface area contributed by atoms with Crippen LogP contribution in [0, 0.1) is 6.92 Å². The Labute approximate surface area is 114 Å². The number of aliphatic hydroxyl groups excluding tert-OH is 1. The lowest BCUT2D eigenvalue weighted by atomic mass is 9.92. The summed E-state index contributed by atoms with van der Waals surface area (Å²) in [5.74, 6) is 0.196. The molecule has 0 bridgehead atoms. The maximum absolute atomic E-state index is 9.56. The average molecular weight is 311 g/mol. The quantitative estimate of drug-likeness (QED) is 0.900. The van der Waals surface area contributed by atoms with E-state index in [0.717, 1.165) is 10.9 Å². The number of thiophene rings is 1. The summed E-state index contributed by atoms with van der Waals surface area (Å²) in [5, 5.41) is 11.6. The molecular weight excluding hydrogens is 296 g/mol. The number of hydrogen-bond acceptors (Lipinski definition) is 2. The van der Waals surface area contributed by atoms with E-state index < -0.39 is 0 Å². The minimum absolute atomic E-state index is 0.195. The van der Waals surface area contributed by atoms with Gasteiger partial charge in [-0.2, -0.15) is 0 Å². The van der Waals surface area contributed by atoms with Gasteiger partial charge in [-0.15, -0.1) is 11.3 Å². The van der Waals surface area contributed by atoms with Crippen molar-refractivity contribution in [2.45, 2.75) is 19.3 Å². The first kappa shape index (κ1) is 12.8. The van der Waals surface area contributed by atoms with Gasteiger partial charge in [-0.25, -0.2) is 0 Å². The van der Waals surface area contributed by atoms with Crippen LogP contribution < -0.4 is 0 Å². The second-order valence-corrected chi connectivity index (χ2v) is 6.08. The van der Waals surface area contributed by atoms with E-state index in [1.807, 2.05) is 12.1 Å². The van der Waals surface area contributed by atoms with Crippen molar-refractivity contribution < 1.29 is 5.11 Å². The fraction of sp³-hybridized carbons (Fsp3) is 0.286. The third-order valence-corrected chi connectivity index (χ3v) is 4.64. The SMILES string of the molecule is Cc1ccccc1C(CO)Cc1cc(Br)cs1. The maximum Gasteiger partial charge on any atom is 0.0503 e. The van der Waals surface area contributed by atoms with Crippen LogP contribution in [0.5, 0.6) is 0 Å². The molecule has 17 heavy (non-hydrogen) atoms. The van der Waals surface area contributed by atoms with Crippen molar-refractivity contribution in [2.24, 2.45) is 0 Å². The lowest BCUT2D eigenvalue weighted by Gasteiger charge is -2.16. The third kappa shape index (κ3) is 3.18. The largest absolute Gasteiger partial charge is 0.396 e. The van der Waals surface area contributed by atoms with Crippen molar-refractivity contribution >= 4 is 27.3 Å². The summed E-state index contributed by atoms with van der Waals surface area (Å²) >= 11 is 5.20. The number of halogens is 1. The molecule has 1 heterocycles. The Morgan fingerprint density at radius 1 is 1.35 bits per heavy atom. The summed E-state index contributed by atoms with van der Waals surface area (Å²) in [6.07, 6.45) is 0.900. The zero-order chi connectivity index (χ0) is 12.3. The fourth-order valence-electron chi connectivity index (χ4n) is 2.02. The molecule has 0 amide bonds. The van der Waals surface area contributed by atoms with Gasteiger partial charge in [-0.1, -0.05) is 24.3 Å². The predicted octanol–water partition coefficient (Wildman–Crippen LogP) is 4.14. The van der Waals surface area contributed by atoms with Crippen LogP contribution in [0.25, 0.3) is 0 Å². The van der Waals surface area contributed by atoms with Gasteiger partial charge in [0, 0.05) is 20.6 Å². The van der Waals surface area contributed by atoms with Crippen LogP contribution in [-0.2, 0) is 6.42 Å². The summed E-state index contributed by atoms with van der Waals surface area (Å²) in [5.41, 5.74) is 2.50. The molecule has 1 aromatic heterocycles.